The number of aromatic nitrogens is 6. The number of halogens is 15. The molecule has 137 heavy (non-hydrogen) atoms. The zero-order valence-electron chi connectivity index (χ0n) is 73.2. The monoisotopic (exact) mass is 2070 g/mol. The van der Waals surface area contributed by atoms with E-state index in [4.69, 9.17) is 45.9 Å². The Hall–Kier alpha value is -12.3. The molecule has 1 unspecified atom stereocenters. The van der Waals surface area contributed by atoms with Crippen molar-refractivity contribution in [2.45, 2.75) is 79.0 Å². The Balaban J connectivity index is 0.000000154. The van der Waals surface area contributed by atoms with Gasteiger partial charge in [0.2, 0.25) is 11.6 Å². The van der Waals surface area contributed by atoms with Gasteiger partial charge >= 0.3 is 31.4 Å². The summed E-state index contributed by atoms with van der Waals surface area (Å²) >= 11 is 14.0. The highest BCUT2D eigenvalue weighted by atomic mass is 127. The predicted molar refractivity (Wildman–Crippen MR) is 514 cm³/mol. The van der Waals surface area contributed by atoms with E-state index in [9.17, 15) is 62.3 Å². The molecule has 4 spiro atoms. The molecule has 0 saturated carbocycles. The highest BCUT2D eigenvalue weighted by Crippen LogP contribution is 2.48. The van der Waals surface area contributed by atoms with Crippen molar-refractivity contribution >= 4 is 124 Å². The molecule has 8 saturated heterocycles. The Morgan fingerprint density at radius 1 is 0.474 bits per heavy atom. The third-order valence-corrected chi connectivity index (χ3v) is 25.2. The first-order valence-electron chi connectivity index (χ1n) is 42.5. The maximum absolute atomic E-state index is 13.1. The summed E-state index contributed by atoms with van der Waals surface area (Å²) in [6.45, 7) is 26.5. The summed E-state index contributed by atoms with van der Waals surface area (Å²) in [5.41, 5.74) is 19.4. The Morgan fingerprint density at radius 3 is 1.03 bits per heavy atom. The second-order valence-electron chi connectivity index (χ2n) is 34.2. The van der Waals surface area contributed by atoms with E-state index in [0.29, 0.717) is 76.3 Å². The van der Waals surface area contributed by atoms with Crippen LogP contribution >= 0.6 is 55.7 Å². The fourth-order valence-electron chi connectivity index (χ4n) is 17.6. The molecule has 8 fully saturated rings. The molecule has 6 N–H and O–H groups in total. The van der Waals surface area contributed by atoms with Crippen LogP contribution in [0.5, 0.6) is 23.0 Å². The van der Waals surface area contributed by atoms with Gasteiger partial charge in [-0.2, -0.15) is 15.2 Å². The van der Waals surface area contributed by atoms with Gasteiger partial charge in [0.25, 0.3) is 0 Å². The Morgan fingerprint density at radius 2 is 0.759 bits per heavy atom. The zero-order chi connectivity index (χ0) is 95.3. The zero-order valence-corrected chi connectivity index (χ0v) is 78.3. The number of alkyl halides is 12. The van der Waals surface area contributed by atoms with Crippen LogP contribution in [0.25, 0.3) is 16.4 Å². The summed E-state index contributed by atoms with van der Waals surface area (Å²) in [5.74, 6) is -0.953. The van der Waals surface area contributed by atoms with Crippen molar-refractivity contribution in [2.24, 2.45) is 27.4 Å². The smallest absolute Gasteiger partial charge is 0.477 e. The summed E-state index contributed by atoms with van der Waals surface area (Å²) in [6.07, 6.45) is -10.3. The Bertz CT molecular complexity index is 6190. The van der Waals surface area contributed by atoms with Crippen LogP contribution in [0.1, 0.15) is 76.8 Å². The number of fused-ring (bicyclic) bond motifs is 2. The summed E-state index contributed by atoms with van der Waals surface area (Å²) in [6, 6.07) is 57.9. The molecule has 0 radical (unpaired) electrons. The number of benzene rings is 8. The second kappa shape index (κ2) is 42.8. The molecular weight excluding hydrogens is 1980 g/mol. The lowest BCUT2D eigenvalue weighted by Crippen LogP contribution is -2.72. The van der Waals surface area contributed by atoms with Crippen molar-refractivity contribution in [2.75, 3.05) is 139 Å². The average molecular weight is 2070 g/mol. The number of nitrogens with zero attached hydrogens (tertiary/aromatic N) is 15. The van der Waals surface area contributed by atoms with Crippen LogP contribution in [0.2, 0.25) is 10.0 Å². The number of aromatic carboxylic acids is 1. The van der Waals surface area contributed by atoms with Crippen LogP contribution in [0.4, 0.5) is 98.2 Å². The maximum atomic E-state index is 13.1. The van der Waals surface area contributed by atoms with E-state index in [1.165, 1.54) is 77.2 Å². The number of nitrogens with one attached hydrogen (secondary N) is 1. The third-order valence-electron chi connectivity index (χ3n) is 24.1. The number of anilines is 7. The molecule has 8 aliphatic heterocycles. The van der Waals surface area contributed by atoms with Crippen LogP contribution < -0.4 is 64.3 Å². The predicted octanol–water partition coefficient (Wildman–Crippen LogP) is 19.5. The number of carboxylic acids is 1. The lowest BCUT2D eigenvalue weighted by Gasteiger charge is -2.61. The number of ketones is 1. The molecule has 8 aliphatic rings. The fourth-order valence-corrected chi connectivity index (χ4v) is 18.3. The lowest BCUT2D eigenvalue weighted by atomic mass is 9.72. The molecule has 20 rings (SSSR count). The van der Waals surface area contributed by atoms with Crippen molar-refractivity contribution in [3.8, 4) is 29.1 Å². The van der Waals surface area contributed by atoms with Gasteiger partial charge < -0.3 is 74.9 Å². The molecule has 12 heterocycles. The summed E-state index contributed by atoms with van der Waals surface area (Å²) in [5, 5.41) is 21.5. The number of carboxylic acid groups (broad SMARTS) is 1. The number of ether oxygens (including phenoxy) is 4. The SMILES string of the molecule is C.CCc1nc2ncc(Cl)cn2c1C(=O)CCc1ccc(N2CC3(C2)CN(c2ccc(OC(F)(F)F)cc2)C3)cc1.CCc1nc2ncc(Cl)cn2c1C(=O)O.FC(F)(F)Oc1ccc(N2CC3(CNC3)C2)cc1.N#Cc1ccc(I)cc1.NCc1ccc(N2CC3(C2)CN(c2ccc(OC(F)(F)F)cc2)C3)cc1.O.P.[C-]#[N+]c1ccc(N2CC3(C2)CN(c2ccc(OC(F)(F)F)cc2)C3)cc1. The fraction of sp³-hybridized carbons (Fsp3) is 0.333. The third kappa shape index (κ3) is 25.8. The number of hydrogen-bond acceptors (Lipinski definition) is 20. The van der Waals surface area contributed by atoms with Gasteiger partial charge in [-0.15, -0.1) is 52.7 Å². The minimum atomic E-state index is -4.69. The molecule has 1 atom stereocenters. The molecular formula is C96H97Cl2F12IN17O8P. The van der Waals surface area contributed by atoms with Gasteiger partial charge in [-0.3, -0.25) is 13.6 Å². The highest BCUT2D eigenvalue weighted by Gasteiger charge is 2.55. The van der Waals surface area contributed by atoms with Gasteiger partial charge in [-0.1, -0.05) is 80.9 Å². The summed E-state index contributed by atoms with van der Waals surface area (Å²) < 4.78 is 166. The van der Waals surface area contributed by atoms with Gasteiger partial charge in [-0.25, -0.2) is 29.6 Å². The average Bonchev–Trinajstić information content (AvgIpc) is 1.59. The molecule has 25 nitrogen and oxygen atoms in total. The number of carbonyl (C=O) groups excluding carboxylic acids is 1. The van der Waals surface area contributed by atoms with Gasteiger partial charge in [0.1, 0.15) is 28.7 Å². The molecule has 12 aromatic rings. The number of Topliss-reactive ketones (excluding diaryl/α,β-unsaturated/α-hetero) is 1. The normalized spacial score (nSPS) is 16.2. The van der Waals surface area contributed by atoms with Crippen LogP contribution in [0, 0.1) is 43.1 Å². The van der Waals surface area contributed by atoms with Gasteiger partial charge in [0.15, 0.2) is 17.2 Å². The highest BCUT2D eigenvalue weighted by molar-refractivity contribution is 14.1. The van der Waals surface area contributed by atoms with Crippen molar-refractivity contribution in [1.29, 1.82) is 5.26 Å². The summed E-state index contributed by atoms with van der Waals surface area (Å²) in [4.78, 5) is 60.0. The van der Waals surface area contributed by atoms with E-state index in [0.717, 1.165) is 165 Å². The topological polar surface area (TPSA) is 272 Å². The number of aryl methyl sites for hydroxylation is 3. The largest absolute Gasteiger partial charge is 0.573 e. The van der Waals surface area contributed by atoms with E-state index < -0.39 is 31.4 Å². The molecule has 0 amide bonds. The standard InChI is InChI=1S/C29H27ClF3N5O2.C19H16F3N3O.C19H20F3N3O.C12H13F3N2O.C9H8ClN3O2.C7H4IN.CH4.H2O.H3P/c1-2-24-26(38-14-20(30)13-34-27(38)35-24)25(39)12-5-19-3-6-21(7-4-19)36-15-28(16-36)17-37(18-28)22-8-10-23(11-9-22)40-29(31,32)33;1-23-14-2-4-15(5-3-14)24-10-18(11-24)12-25(13-18)16-6-8-17(9-7-16)26-19(20,21)22;20-19(21,22)26-17-7-5-16(6-8-17)25-12-18(13-25)10-24(11-18)15-3-1-14(9-23)2-4-15;13-12(14,15)18-10-3-1-9(2-4-10)17-7-11(8-17)5-16-6-11;1-2-6-7(8(14)15)13-4-5(10)3-11-9(13)12-6;8-7-3-1-6(5-9)2-4-7;;;/h3-4,6-11,13-14H,2,5,12,15-18H2,1H3;2-9H,10-13H2;1-8H,9-13,23H2;1-4,16H,5-8H2;3-4H,2H2,1H3,(H,14,15);1-4H;1H4;1H2;1H3. The van der Waals surface area contributed by atoms with Crippen molar-refractivity contribution in [1.82, 2.24) is 34.1 Å². The van der Waals surface area contributed by atoms with E-state index in [1.807, 2.05) is 62.4 Å². The first kappa shape index (κ1) is 104. The second-order valence-corrected chi connectivity index (χ2v) is 36.3. The minimum absolute atomic E-state index is 0. The van der Waals surface area contributed by atoms with Crippen LogP contribution in [0.3, 0.4) is 0 Å². The molecule has 724 valence electrons. The molecule has 0 bridgehead atoms. The number of nitrogens with two attached hydrogens (primary N) is 1. The van der Waals surface area contributed by atoms with Crippen molar-refractivity contribution in [3.05, 3.63) is 283 Å². The maximum Gasteiger partial charge on any atom is 0.573 e. The van der Waals surface area contributed by atoms with Crippen LogP contribution in [-0.2, 0) is 25.8 Å². The molecule has 41 heteroatoms. The van der Waals surface area contributed by atoms with Crippen LogP contribution in [0.15, 0.2) is 219 Å². The quantitative estimate of drug-likeness (QED) is 0.0223. The van der Waals surface area contributed by atoms with Gasteiger partial charge in [0, 0.05) is 195 Å². The number of carbonyl (C=O) groups is 2. The number of rotatable bonds is 19. The van der Waals surface area contributed by atoms with Crippen molar-refractivity contribution < 1.29 is 91.8 Å². The first-order chi connectivity index (χ1) is 63.7. The van der Waals surface area contributed by atoms with E-state index in [-0.39, 0.29) is 73.5 Å². The Kier molecular flexibility index (Phi) is 32.3. The lowest BCUT2D eigenvalue weighted by molar-refractivity contribution is -0.275. The molecule has 4 aromatic heterocycles. The number of imidazole rings is 2. The number of nitriles is 1. The minimum Gasteiger partial charge on any atom is -0.477 e. The van der Waals surface area contributed by atoms with Crippen molar-refractivity contribution in [3.63, 3.8) is 0 Å². The Labute approximate surface area is 808 Å². The first-order valence-corrected chi connectivity index (χ1v) is 44.3. The van der Waals surface area contributed by atoms with E-state index in [2.05, 4.69) is 161 Å². The number of hydrogen-bond donors (Lipinski definition) is 3. The van der Waals surface area contributed by atoms with Gasteiger partial charge in [0.05, 0.1) is 52.0 Å². The summed E-state index contributed by atoms with van der Waals surface area (Å²) in [7, 11) is 0. The molecule has 8 aromatic carbocycles. The molecule has 0 aliphatic carbocycles. The van der Waals surface area contributed by atoms with Gasteiger partial charge in [-0.05, 0) is 211 Å². The van der Waals surface area contributed by atoms with E-state index in [1.54, 1.807) is 59.1 Å². The van der Waals surface area contributed by atoms with E-state index >= 15 is 0 Å². The van der Waals surface area contributed by atoms with Crippen LogP contribution in [-0.4, -0.2) is 181 Å².